The first-order valence-electron chi connectivity index (χ1n) is 6.42. The quantitative estimate of drug-likeness (QED) is 0.742. The number of nitrogens with zero attached hydrogens (tertiary/aromatic N) is 2. The molecule has 0 fully saturated rings. The van der Waals surface area contributed by atoms with Gasteiger partial charge in [0.1, 0.15) is 23.1 Å². The normalized spacial score (nSPS) is 11.2. The van der Waals surface area contributed by atoms with Crippen LogP contribution in [0.3, 0.4) is 0 Å². The van der Waals surface area contributed by atoms with Crippen molar-refractivity contribution in [2.75, 3.05) is 6.67 Å². The van der Waals surface area contributed by atoms with E-state index in [0.717, 1.165) is 5.56 Å². The highest BCUT2D eigenvalue weighted by Crippen LogP contribution is 2.31. The third-order valence-corrected chi connectivity index (χ3v) is 4.22. The molecule has 0 unspecified atom stereocenters. The van der Waals surface area contributed by atoms with E-state index in [1.54, 1.807) is 19.1 Å². The van der Waals surface area contributed by atoms with Gasteiger partial charge in [0.2, 0.25) is 0 Å². The minimum Gasteiger partial charge on any atom is -0.294 e. The van der Waals surface area contributed by atoms with Crippen LogP contribution in [0.15, 0.2) is 34.4 Å². The molecule has 6 heteroatoms. The van der Waals surface area contributed by atoms with E-state index in [2.05, 4.69) is 4.98 Å². The van der Waals surface area contributed by atoms with E-state index in [9.17, 15) is 13.6 Å². The number of hydrogen-bond acceptors (Lipinski definition) is 3. The van der Waals surface area contributed by atoms with Crippen LogP contribution in [0.5, 0.6) is 0 Å². The molecule has 0 saturated carbocycles. The first-order valence-corrected chi connectivity index (χ1v) is 7.30. The van der Waals surface area contributed by atoms with Crippen LogP contribution in [0.1, 0.15) is 5.82 Å². The number of thiophene rings is 1. The van der Waals surface area contributed by atoms with Gasteiger partial charge in [0.15, 0.2) is 0 Å². The highest BCUT2D eigenvalue weighted by molar-refractivity contribution is 7.17. The summed E-state index contributed by atoms with van der Waals surface area (Å²) < 4.78 is 27.0. The molecule has 108 valence electrons. The van der Waals surface area contributed by atoms with Gasteiger partial charge < -0.3 is 0 Å². The number of fused-ring (bicyclic) bond motifs is 1. The average Bonchev–Trinajstić information content (AvgIpc) is 2.88. The molecule has 1 aromatic carbocycles. The van der Waals surface area contributed by atoms with Gasteiger partial charge in [-0.1, -0.05) is 12.1 Å². The van der Waals surface area contributed by atoms with E-state index in [0.29, 0.717) is 21.6 Å². The lowest BCUT2D eigenvalue weighted by Gasteiger charge is -2.07. The Hall–Kier alpha value is -2.08. The number of benzene rings is 1. The predicted octanol–water partition coefficient (Wildman–Crippen LogP) is 3.54. The molecule has 0 amide bonds. The van der Waals surface area contributed by atoms with Gasteiger partial charge in [0, 0.05) is 10.9 Å². The van der Waals surface area contributed by atoms with Crippen molar-refractivity contribution in [1.29, 1.82) is 0 Å². The van der Waals surface area contributed by atoms with Crippen LogP contribution in [-0.4, -0.2) is 16.2 Å². The van der Waals surface area contributed by atoms with Crippen LogP contribution in [0, 0.1) is 12.7 Å². The Kier molecular flexibility index (Phi) is 3.55. The van der Waals surface area contributed by atoms with Crippen molar-refractivity contribution < 1.29 is 8.78 Å². The second kappa shape index (κ2) is 5.37. The van der Waals surface area contributed by atoms with Crippen molar-refractivity contribution in [2.24, 2.45) is 0 Å². The van der Waals surface area contributed by atoms with E-state index in [1.807, 2.05) is 5.38 Å². The lowest BCUT2D eigenvalue weighted by molar-refractivity contribution is 0.435. The van der Waals surface area contributed by atoms with Crippen molar-refractivity contribution in [2.45, 2.75) is 13.5 Å². The van der Waals surface area contributed by atoms with E-state index in [4.69, 9.17) is 0 Å². The van der Waals surface area contributed by atoms with Gasteiger partial charge in [-0.3, -0.25) is 9.36 Å². The third kappa shape index (κ3) is 2.35. The maximum Gasteiger partial charge on any atom is 0.262 e. The SMILES string of the molecule is Cc1nc2scc(-c3ccc(F)cc3)c2c(=O)n1CCF. The van der Waals surface area contributed by atoms with Gasteiger partial charge in [-0.2, -0.15) is 0 Å². The highest BCUT2D eigenvalue weighted by Gasteiger charge is 2.15. The first kappa shape index (κ1) is 13.9. The third-order valence-electron chi connectivity index (χ3n) is 3.35. The standard InChI is InChI=1S/C15H12F2N2OS/c1-9-18-14-13(15(20)19(9)7-6-16)12(8-21-14)10-2-4-11(17)5-3-10/h2-5,8H,6-7H2,1H3. The van der Waals surface area contributed by atoms with Gasteiger partial charge in [-0.15, -0.1) is 11.3 Å². The molecule has 3 aromatic rings. The summed E-state index contributed by atoms with van der Waals surface area (Å²) in [4.78, 5) is 17.5. The lowest BCUT2D eigenvalue weighted by Crippen LogP contribution is -2.24. The fraction of sp³-hybridized carbons (Fsp3) is 0.200. The average molecular weight is 306 g/mol. The van der Waals surface area contributed by atoms with Crippen molar-refractivity contribution in [3.63, 3.8) is 0 Å². The van der Waals surface area contributed by atoms with Crippen molar-refractivity contribution in [3.8, 4) is 11.1 Å². The number of halogens is 2. The molecule has 2 aromatic heterocycles. The Morgan fingerprint density at radius 2 is 2.00 bits per heavy atom. The van der Waals surface area contributed by atoms with Crippen LogP contribution in [0.25, 0.3) is 21.3 Å². The van der Waals surface area contributed by atoms with E-state index >= 15 is 0 Å². The summed E-state index contributed by atoms with van der Waals surface area (Å²) in [7, 11) is 0. The molecule has 2 heterocycles. The molecule has 0 aliphatic rings. The number of rotatable bonds is 3. The summed E-state index contributed by atoms with van der Waals surface area (Å²) in [6.45, 7) is 1.06. The zero-order valence-electron chi connectivity index (χ0n) is 11.3. The summed E-state index contributed by atoms with van der Waals surface area (Å²) in [6.07, 6.45) is 0. The molecule has 3 rings (SSSR count). The fourth-order valence-electron chi connectivity index (χ4n) is 2.32. The first-order chi connectivity index (χ1) is 10.1. The Bertz CT molecular complexity index is 852. The van der Waals surface area contributed by atoms with Crippen LogP contribution < -0.4 is 5.56 Å². The Labute approximate surface area is 123 Å². The summed E-state index contributed by atoms with van der Waals surface area (Å²) >= 11 is 1.36. The summed E-state index contributed by atoms with van der Waals surface area (Å²) in [5, 5.41) is 2.29. The van der Waals surface area contributed by atoms with Crippen molar-refractivity contribution >= 4 is 21.6 Å². The van der Waals surface area contributed by atoms with Crippen LogP contribution in [0.4, 0.5) is 8.78 Å². The molecule has 0 aliphatic heterocycles. The minimum atomic E-state index is -0.621. The zero-order valence-corrected chi connectivity index (χ0v) is 12.1. The topological polar surface area (TPSA) is 34.9 Å². The van der Waals surface area contributed by atoms with E-state index in [1.165, 1.54) is 28.0 Å². The van der Waals surface area contributed by atoms with E-state index in [-0.39, 0.29) is 17.9 Å². The molecule has 0 atom stereocenters. The van der Waals surface area contributed by atoms with E-state index < -0.39 is 6.67 Å². The van der Waals surface area contributed by atoms with Crippen LogP contribution >= 0.6 is 11.3 Å². The molecular formula is C15H12F2N2OS. The second-order valence-electron chi connectivity index (χ2n) is 4.64. The second-order valence-corrected chi connectivity index (χ2v) is 5.50. The van der Waals surface area contributed by atoms with Gasteiger partial charge in [0.05, 0.1) is 11.9 Å². The molecule has 0 spiro atoms. The lowest BCUT2D eigenvalue weighted by atomic mass is 10.1. The Morgan fingerprint density at radius 3 is 2.67 bits per heavy atom. The smallest absolute Gasteiger partial charge is 0.262 e. The zero-order chi connectivity index (χ0) is 15.0. The minimum absolute atomic E-state index is 0.00763. The predicted molar refractivity (Wildman–Crippen MR) is 80.0 cm³/mol. The monoisotopic (exact) mass is 306 g/mol. The molecular weight excluding hydrogens is 294 g/mol. The maximum atomic E-state index is 13.0. The van der Waals surface area contributed by atoms with Gasteiger partial charge in [-0.25, -0.2) is 13.8 Å². The Balaban J connectivity index is 2.28. The molecule has 21 heavy (non-hydrogen) atoms. The van der Waals surface area contributed by atoms with Gasteiger partial charge >= 0.3 is 0 Å². The number of hydrogen-bond donors (Lipinski definition) is 0. The molecule has 0 aliphatic carbocycles. The van der Waals surface area contributed by atoms with Crippen LogP contribution in [-0.2, 0) is 6.54 Å². The summed E-state index contributed by atoms with van der Waals surface area (Å²) in [5.74, 6) is 0.166. The molecule has 3 nitrogen and oxygen atoms in total. The van der Waals surface area contributed by atoms with Gasteiger partial charge in [0.25, 0.3) is 5.56 Å². The van der Waals surface area contributed by atoms with Crippen molar-refractivity contribution in [1.82, 2.24) is 9.55 Å². The molecule has 0 N–H and O–H groups in total. The molecule has 0 radical (unpaired) electrons. The largest absolute Gasteiger partial charge is 0.294 e. The maximum absolute atomic E-state index is 13.0. The summed E-state index contributed by atoms with van der Waals surface area (Å²) in [5.41, 5.74) is 1.20. The molecule has 0 bridgehead atoms. The fourth-order valence-corrected chi connectivity index (χ4v) is 3.30. The van der Waals surface area contributed by atoms with Crippen molar-refractivity contribution in [3.05, 3.63) is 51.6 Å². The Morgan fingerprint density at radius 1 is 1.29 bits per heavy atom. The van der Waals surface area contributed by atoms with Crippen LogP contribution in [0.2, 0.25) is 0 Å². The summed E-state index contributed by atoms with van der Waals surface area (Å²) in [6, 6.07) is 5.94. The van der Waals surface area contributed by atoms with Gasteiger partial charge in [-0.05, 0) is 24.6 Å². The molecule has 0 saturated heterocycles. The number of aryl methyl sites for hydroxylation is 1. The number of alkyl halides is 1. The highest BCUT2D eigenvalue weighted by atomic mass is 32.1. The number of aromatic nitrogens is 2.